The zero-order valence-corrected chi connectivity index (χ0v) is 11.6. The second-order valence-corrected chi connectivity index (χ2v) is 4.85. The van der Waals surface area contributed by atoms with Gasteiger partial charge in [0.2, 0.25) is 0 Å². The van der Waals surface area contributed by atoms with Gasteiger partial charge in [-0.15, -0.1) is 0 Å². The van der Waals surface area contributed by atoms with Gasteiger partial charge in [0.1, 0.15) is 5.82 Å². The minimum atomic E-state index is -0.559. The van der Waals surface area contributed by atoms with Gasteiger partial charge in [0.15, 0.2) is 0 Å². The molecular formula is C15H15FN4O. The van der Waals surface area contributed by atoms with Crippen molar-refractivity contribution in [2.75, 3.05) is 12.0 Å². The van der Waals surface area contributed by atoms with E-state index in [9.17, 15) is 9.18 Å². The van der Waals surface area contributed by atoms with E-state index in [-0.39, 0.29) is 5.82 Å². The maximum absolute atomic E-state index is 13.5. The topological polar surface area (TPSA) is 72.9 Å². The Kier molecular flexibility index (Phi) is 3.21. The summed E-state index contributed by atoms with van der Waals surface area (Å²) in [6, 6.07) is 4.51. The van der Waals surface area contributed by atoms with Gasteiger partial charge < -0.3 is 11.2 Å². The quantitative estimate of drug-likeness (QED) is 0.773. The van der Waals surface area contributed by atoms with E-state index in [1.807, 2.05) is 6.92 Å². The van der Waals surface area contributed by atoms with Crippen LogP contribution in [-0.4, -0.2) is 22.1 Å². The van der Waals surface area contributed by atoms with Crippen molar-refractivity contribution in [1.29, 1.82) is 0 Å². The Morgan fingerprint density at radius 1 is 1.38 bits per heavy atom. The first kappa shape index (κ1) is 13.4. The Bertz CT molecular complexity index is 840. The molecule has 0 aliphatic heterocycles. The Labute approximate surface area is 120 Å². The van der Waals surface area contributed by atoms with Crippen LogP contribution in [0.1, 0.15) is 23.7 Å². The molecule has 0 saturated carbocycles. The number of halogens is 1. The van der Waals surface area contributed by atoms with Gasteiger partial charge in [0, 0.05) is 29.7 Å². The Morgan fingerprint density at radius 2 is 2.19 bits per heavy atom. The lowest BCUT2D eigenvalue weighted by Crippen LogP contribution is -2.19. The number of hydrogen-bond acceptors (Lipinski definition) is 3. The number of aromatic nitrogens is 2. The first-order valence-corrected chi connectivity index (χ1v) is 6.75. The molecule has 1 amide bonds. The lowest BCUT2D eigenvalue weighted by atomic mass is 10.1. The molecule has 1 aromatic carbocycles. The molecule has 0 radical (unpaired) electrons. The van der Waals surface area contributed by atoms with E-state index in [0.29, 0.717) is 21.9 Å². The molecule has 0 unspecified atom stereocenters. The third-order valence-corrected chi connectivity index (χ3v) is 3.42. The second kappa shape index (κ2) is 5.05. The predicted octanol–water partition coefficient (Wildman–Crippen LogP) is 2.38. The minimum absolute atomic E-state index is 0.313. The third-order valence-electron chi connectivity index (χ3n) is 3.42. The average Bonchev–Trinajstić information content (AvgIpc) is 2.78. The van der Waals surface area contributed by atoms with E-state index in [1.165, 1.54) is 18.3 Å². The number of amides is 1. The summed E-state index contributed by atoms with van der Waals surface area (Å²) in [7, 11) is 0. The Balaban J connectivity index is 2.44. The normalized spacial score (nSPS) is 11.1. The maximum Gasteiger partial charge on any atom is 0.252 e. The number of nitrogens with two attached hydrogens (primary N) is 1. The monoisotopic (exact) mass is 286 g/mol. The third kappa shape index (κ3) is 2.08. The molecule has 6 heteroatoms. The molecule has 3 rings (SSSR count). The SMILES string of the molecule is CCCNn1c2ccc(F)cc2c2cncc(C(N)=O)c21. The van der Waals surface area contributed by atoms with Gasteiger partial charge in [-0.05, 0) is 24.6 Å². The fourth-order valence-corrected chi connectivity index (χ4v) is 2.50. The van der Waals surface area contributed by atoms with E-state index in [1.54, 1.807) is 16.9 Å². The maximum atomic E-state index is 13.5. The highest BCUT2D eigenvalue weighted by atomic mass is 19.1. The van der Waals surface area contributed by atoms with Gasteiger partial charge in [-0.25, -0.2) is 4.39 Å². The minimum Gasteiger partial charge on any atom is -0.365 e. The molecule has 0 aliphatic carbocycles. The largest absolute Gasteiger partial charge is 0.365 e. The standard InChI is InChI=1S/C15H15FN4O/c1-2-5-19-20-13-4-3-9(16)6-10(13)11-7-18-8-12(14(11)20)15(17)21/h3-4,6-8,19H,2,5H2,1H3,(H2,17,21). The number of hydrogen-bond donors (Lipinski definition) is 2. The van der Waals surface area contributed by atoms with E-state index in [2.05, 4.69) is 10.4 Å². The number of carbonyl (C=O) groups excluding carboxylic acids is 1. The molecule has 2 aromatic heterocycles. The highest BCUT2D eigenvalue weighted by Crippen LogP contribution is 2.30. The van der Waals surface area contributed by atoms with Crippen LogP contribution in [0.2, 0.25) is 0 Å². The van der Waals surface area contributed by atoms with Gasteiger partial charge in [-0.1, -0.05) is 6.92 Å². The molecule has 2 heterocycles. The molecule has 0 aliphatic rings. The van der Waals surface area contributed by atoms with Crippen molar-refractivity contribution in [3.8, 4) is 0 Å². The smallest absolute Gasteiger partial charge is 0.252 e. The molecule has 0 atom stereocenters. The molecule has 0 bridgehead atoms. The molecule has 0 spiro atoms. The summed E-state index contributed by atoms with van der Waals surface area (Å²) >= 11 is 0. The molecule has 5 nitrogen and oxygen atoms in total. The lowest BCUT2D eigenvalue weighted by Gasteiger charge is -2.11. The van der Waals surface area contributed by atoms with Gasteiger partial charge >= 0.3 is 0 Å². The second-order valence-electron chi connectivity index (χ2n) is 4.85. The zero-order chi connectivity index (χ0) is 15.0. The molecule has 21 heavy (non-hydrogen) atoms. The summed E-state index contributed by atoms with van der Waals surface area (Å²) in [5, 5.41) is 1.40. The molecule has 3 N–H and O–H groups in total. The van der Waals surface area contributed by atoms with Crippen LogP contribution in [0.5, 0.6) is 0 Å². The van der Waals surface area contributed by atoms with Crippen molar-refractivity contribution in [2.45, 2.75) is 13.3 Å². The summed E-state index contributed by atoms with van der Waals surface area (Å²) < 4.78 is 15.3. The van der Waals surface area contributed by atoms with Crippen LogP contribution in [0.3, 0.4) is 0 Å². The highest BCUT2D eigenvalue weighted by Gasteiger charge is 2.17. The first-order chi connectivity index (χ1) is 10.1. The molecule has 0 fully saturated rings. The Morgan fingerprint density at radius 3 is 2.90 bits per heavy atom. The summed E-state index contributed by atoms with van der Waals surface area (Å²) in [5.74, 6) is -0.891. The average molecular weight is 286 g/mol. The summed E-state index contributed by atoms with van der Waals surface area (Å²) in [5.41, 5.74) is 10.4. The molecular weight excluding hydrogens is 271 g/mol. The van der Waals surface area contributed by atoms with E-state index >= 15 is 0 Å². The predicted molar refractivity (Wildman–Crippen MR) is 80.2 cm³/mol. The molecule has 108 valence electrons. The van der Waals surface area contributed by atoms with Crippen LogP contribution in [0, 0.1) is 5.82 Å². The number of nitrogens with one attached hydrogen (secondary N) is 1. The van der Waals surface area contributed by atoms with Crippen molar-refractivity contribution in [1.82, 2.24) is 9.66 Å². The van der Waals surface area contributed by atoms with Crippen LogP contribution >= 0.6 is 0 Å². The van der Waals surface area contributed by atoms with Crippen LogP contribution < -0.4 is 11.2 Å². The van der Waals surface area contributed by atoms with Crippen LogP contribution in [-0.2, 0) is 0 Å². The van der Waals surface area contributed by atoms with Crippen molar-refractivity contribution >= 4 is 27.7 Å². The van der Waals surface area contributed by atoms with Crippen molar-refractivity contribution in [2.24, 2.45) is 5.73 Å². The van der Waals surface area contributed by atoms with E-state index < -0.39 is 5.91 Å². The van der Waals surface area contributed by atoms with Crippen LogP contribution in [0.4, 0.5) is 4.39 Å². The zero-order valence-electron chi connectivity index (χ0n) is 11.6. The first-order valence-electron chi connectivity index (χ1n) is 6.75. The van der Waals surface area contributed by atoms with Crippen molar-refractivity contribution < 1.29 is 9.18 Å². The summed E-state index contributed by atoms with van der Waals surface area (Å²) in [4.78, 5) is 15.7. The molecule has 0 saturated heterocycles. The van der Waals surface area contributed by atoms with E-state index in [0.717, 1.165) is 18.5 Å². The summed E-state index contributed by atoms with van der Waals surface area (Å²) in [6.07, 6.45) is 3.97. The number of pyridine rings is 1. The number of nitrogens with zero attached hydrogens (tertiary/aromatic N) is 2. The summed E-state index contributed by atoms with van der Waals surface area (Å²) in [6.45, 7) is 2.76. The van der Waals surface area contributed by atoms with Crippen molar-refractivity contribution in [3.63, 3.8) is 0 Å². The van der Waals surface area contributed by atoms with Gasteiger partial charge in [0.05, 0.1) is 16.6 Å². The Hall–Kier alpha value is -2.63. The fraction of sp³-hybridized carbons (Fsp3) is 0.200. The van der Waals surface area contributed by atoms with Crippen LogP contribution in [0.15, 0.2) is 30.6 Å². The van der Waals surface area contributed by atoms with Gasteiger partial charge in [-0.3, -0.25) is 14.5 Å². The van der Waals surface area contributed by atoms with E-state index in [4.69, 9.17) is 5.73 Å². The number of rotatable bonds is 4. The number of primary amides is 1. The van der Waals surface area contributed by atoms with Gasteiger partial charge in [0.25, 0.3) is 5.91 Å². The van der Waals surface area contributed by atoms with Crippen molar-refractivity contribution in [3.05, 3.63) is 42.0 Å². The van der Waals surface area contributed by atoms with Crippen LogP contribution in [0.25, 0.3) is 21.8 Å². The fourth-order valence-electron chi connectivity index (χ4n) is 2.50. The number of benzene rings is 1. The highest BCUT2D eigenvalue weighted by molar-refractivity contribution is 6.15. The molecule has 3 aromatic rings. The number of carbonyl (C=O) groups is 1. The number of fused-ring (bicyclic) bond motifs is 3. The lowest BCUT2D eigenvalue weighted by molar-refractivity contribution is 0.100. The van der Waals surface area contributed by atoms with Gasteiger partial charge in [-0.2, -0.15) is 0 Å².